The first-order valence-corrected chi connectivity index (χ1v) is 8.44. The summed E-state index contributed by atoms with van der Waals surface area (Å²) in [7, 11) is 3.65. The van der Waals surface area contributed by atoms with Crippen molar-refractivity contribution in [3.8, 4) is 5.75 Å². The zero-order valence-electron chi connectivity index (χ0n) is 14.1. The van der Waals surface area contributed by atoms with E-state index in [1.807, 2.05) is 6.07 Å². The Hall–Kier alpha value is -1.98. The predicted octanol–water partition coefficient (Wildman–Crippen LogP) is 4.08. The van der Waals surface area contributed by atoms with Crippen LogP contribution in [0.25, 0.3) is 0 Å². The van der Waals surface area contributed by atoms with Crippen molar-refractivity contribution >= 4 is 40.3 Å². The highest BCUT2D eigenvalue weighted by Crippen LogP contribution is 2.27. The Bertz CT molecular complexity index is 691. The van der Waals surface area contributed by atoms with Gasteiger partial charge in [-0.05, 0) is 49.5 Å². The van der Waals surface area contributed by atoms with Crippen LogP contribution in [0.2, 0.25) is 5.02 Å². The lowest BCUT2D eigenvalue weighted by atomic mass is 10.2. The van der Waals surface area contributed by atoms with E-state index in [9.17, 15) is 0 Å². The van der Waals surface area contributed by atoms with Crippen LogP contribution in [0, 0.1) is 6.92 Å². The Balaban J connectivity index is 1.78. The Morgan fingerprint density at radius 1 is 1.21 bits per heavy atom. The largest absolute Gasteiger partial charge is 0.495 e. The summed E-state index contributed by atoms with van der Waals surface area (Å²) in [6.45, 7) is 3.66. The number of halogens is 1. The summed E-state index contributed by atoms with van der Waals surface area (Å²) in [5.41, 5.74) is 3.27. The van der Waals surface area contributed by atoms with Crippen LogP contribution in [0.4, 0.5) is 11.4 Å². The predicted molar refractivity (Wildman–Crippen MR) is 107 cm³/mol. The molecule has 2 rings (SSSR count). The lowest BCUT2D eigenvalue weighted by Crippen LogP contribution is -2.35. The molecule has 0 unspecified atom stereocenters. The molecular weight excluding hydrogens is 342 g/mol. The van der Waals surface area contributed by atoms with Crippen molar-refractivity contribution in [2.24, 2.45) is 0 Å². The third kappa shape index (κ3) is 5.28. The Kier molecular flexibility index (Phi) is 6.70. The van der Waals surface area contributed by atoms with E-state index in [-0.39, 0.29) is 0 Å². The molecule has 2 aromatic carbocycles. The summed E-state index contributed by atoms with van der Waals surface area (Å²) in [5, 5.41) is 7.42. The lowest BCUT2D eigenvalue weighted by Gasteiger charge is -2.20. The molecule has 2 N–H and O–H groups in total. The molecular formula is C18H22ClN3OS. The van der Waals surface area contributed by atoms with Gasteiger partial charge in [0.25, 0.3) is 0 Å². The molecule has 128 valence electrons. The number of benzene rings is 2. The fourth-order valence-electron chi connectivity index (χ4n) is 2.18. The van der Waals surface area contributed by atoms with E-state index in [1.54, 1.807) is 19.2 Å². The van der Waals surface area contributed by atoms with Gasteiger partial charge < -0.3 is 20.3 Å². The maximum absolute atomic E-state index is 6.10. The molecule has 0 aliphatic rings. The number of rotatable bonds is 6. The summed E-state index contributed by atoms with van der Waals surface area (Å²) < 4.78 is 5.13. The minimum atomic E-state index is 0.546. The second-order valence-corrected chi connectivity index (χ2v) is 6.30. The third-order valence-electron chi connectivity index (χ3n) is 3.62. The van der Waals surface area contributed by atoms with E-state index in [4.69, 9.17) is 28.6 Å². The van der Waals surface area contributed by atoms with Crippen LogP contribution in [0.3, 0.4) is 0 Å². The van der Waals surface area contributed by atoms with Crippen LogP contribution in [-0.4, -0.2) is 32.4 Å². The summed E-state index contributed by atoms with van der Waals surface area (Å²) in [6, 6.07) is 13.9. The van der Waals surface area contributed by atoms with Gasteiger partial charge in [0.1, 0.15) is 5.75 Å². The standard InChI is InChI=1S/C18H22ClN3OS/c1-13-4-7-15(8-5-13)22(2)11-10-20-18(24)21-14-6-9-17(23-3)16(19)12-14/h4-9,12H,10-11H2,1-3H3,(H2,20,21,24). The molecule has 0 radical (unpaired) electrons. The van der Waals surface area contributed by atoms with Gasteiger partial charge in [0.15, 0.2) is 5.11 Å². The number of ether oxygens (including phenoxy) is 1. The molecule has 24 heavy (non-hydrogen) atoms. The van der Waals surface area contributed by atoms with Crippen molar-refractivity contribution in [1.82, 2.24) is 5.32 Å². The minimum absolute atomic E-state index is 0.546. The van der Waals surface area contributed by atoms with Crippen molar-refractivity contribution in [1.29, 1.82) is 0 Å². The van der Waals surface area contributed by atoms with Crippen LogP contribution >= 0.6 is 23.8 Å². The van der Waals surface area contributed by atoms with Crippen LogP contribution < -0.4 is 20.3 Å². The van der Waals surface area contributed by atoms with Gasteiger partial charge in [-0.1, -0.05) is 29.3 Å². The second-order valence-electron chi connectivity index (χ2n) is 5.49. The molecule has 4 nitrogen and oxygen atoms in total. The molecule has 0 heterocycles. The summed E-state index contributed by atoms with van der Waals surface area (Å²) in [4.78, 5) is 2.18. The van der Waals surface area contributed by atoms with Gasteiger partial charge in [0, 0.05) is 31.5 Å². The van der Waals surface area contributed by atoms with Gasteiger partial charge in [-0.3, -0.25) is 0 Å². The first-order chi connectivity index (χ1) is 11.5. The molecule has 0 aliphatic carbocycles. The third-order valence-corrected chi connectivity index (χ3v) is 4.16. The van der Waals surface area contributed by atoms with E-state index in [1.165, 1.54) is 11.3 Å². The molecule has 0 aliphatic heterocycles. The highest BCUT2D eigenvalue weighted by atomic mass is 35.5. The van der Waals surface area contributed by atoms with Crippen molar-refractivity contribution in [3.63, 3.8) is 0 Å². The van der Waals surface area contributed by atoms with E-state index in [0.29, 0.717) is 15.9 Å². The second kappa shape index (κ2) is 8.76. The summed E-state index contributed by atoms with van der Waals surface area (Å²) in [6.07, 6.45) is 0. The van der Waals surface area contributed by atoms with Crippen LogP contribution in [-0.2, 0) is 0 Å². The van der Waals surface area contributed by atoms with Crippen LogP contribution in [0.15, 0.2) is 42.5 Å². The highest BCUT2D eigenvalue weighted by Gasteiger charge is 2.04. The number of hydrogen-bond acceptors (Lipinski definition) is 3. The molecule has 0 saturated carbocycles. The lowest BCUT2D eigenvalue weighted by molar-refractivity contribution is 0.415. The fraction of sp³-hybridized carbons (Fsp3) is 0.278. The van der Waals surface area contributed by atoms with Gasteiger partial charge >= 0.3 is 0 Å². The van der Waals surface area contributed by atoms with Gasteiger partial charge in [0.05, 0.1) is 12.1 Å². The average molecular weight is 364 g/mol. The van der Waals surface area contributed by atoms with Gasteiger partial charge in [-0.25, -0.2) is 0 Å². The smallest absolute Gasteiger partial charge is 0.170 e. The number of nitrogens with zero attached hydrogens (tertiary/aromatic N) is 1. The number of nitrogens with one attached hydrogen (secondary N) is 2. The first kappa shape index (κ1) is 18.4. The first-order valence-electron chi connectivity index (χ1n) is 7.66. The monoisotopic (exact) mass is 363 g/mol. The van der Waals surface area contributed by atoms with E-state index in [0.717, 1.165) is 18.8 Å². The number of anilines is 2. The average Bonchev–Trinajstić information content (AvgIpc) is 2.55. The molecule has 0 spiro atoms. The molecule has 0 amide bonds. The number of likely N-dealkylation sites (N-methyl/N-ethyl adjacent to an activating group) is 1. The SMILES string of the molecule is COc1ccc(NC(=S)NCCN(C)c2ccc(C)cc2)cc1Cl. The maximum atomic E-state index is 6.10. The maximum Gasteiger partial charge on any atom is 0.170 e. The van der Waals surface area contributed by atoms with Crippen molar-refractivity contribution in [2.45, 2.75) is 6.92 Å². The van der Waals surface area contributed by atoms with E-state index < -0.39 is 0 Å². The van der Waals surface area contributed by atoms with Gasteiger partial charge in [-0.2, -0.15) is 0 Å². The van der Waals surface area contributed by atoms with Crippen molar-refractivity contribution < 1.29 is 4.74 Å². The zero-order chi connectivity index (χ0) is 17.5. The molecule has 0 bridgehead atoms. The molecule has 0 saturated heterocycles. The van der Waals surface area contributed by atoms with Gasteiger partial charge in [0.2, 0.25) is 0 Å². The molecule has 0 atom stereocenters. The fourth-order valence-corrected chi connectivity index (χ4v) is 2.66. The van der Waals surface area contributed by atoms with Crippen molar-refractivity contribution in [3.05, 3.63) is 53.1 Å². The van der Waals surface area contributed by atoms with Gasteiger partial charge in [-0.15, -0.1) is 0 Å². The summed E-state index contributed by atoms with van der Waals surface area (Å²) >= 11 is 11.4. The number of thiocarbonyl (C=S) groups is 1. The van der Waals surface area contributed by atoms with E-state index in [2.05, 4.69) is 53.8 Å². The number of aryl methyl sites for hydroxylation is 1. The Morgan fingerprint density at radius 2 is 1.92 bits per heavy atom. The molecule has 0 fully saturated rings. The highest BCUT2D eigenvalue weighted by molar-refractivity contribution is 7.80. The minimum Gasteiger partial charge on any atom is -0.495 e. The quantitative estimate of drug-likeness (QED) is 0.756. The molecule has 6 heteroatoms. The number of hydrogen-bond donors (Lipinski definition) is 2. The Morgan fingerprint density at radius 3 is 2.54 bits per heavy atom. The zero-order valence-corrected chi connectivity index (χ0v) is 15.7. The topological polar surface area (TPSA) is 36.5 Å². The van der Waals surface area contributed by atoms with Crippen LogP contribution in [0.1, 0.15) is 5.56 Å². The number of methoxy groups -OCH3 is 1. The van der Waals surface area contributed by atoms with Crippen molar-refractivity contribution in [2.75, 3.05) is 37.5 Å². The molecule has 2 aromatic rings. The Labute approximate surface area is 153 Å². The normalized spacial score (nSPS) is 10.2. The van der Waals surface area contributed by atoms with E-state index >= 15 is 0 Å². The molecule has 0 aromatic heterocycles. The summed E-state index contributed by atoms with van der Waals surface area (Å²) in [5.74, 6) is 0.640. The van der Waals surface area contributed by atoms with Crippen LogP contribution in [0.5, 0.6) is 5.75 Å².